The van der Waals surface area contributed by atoms with Crippen LogP contribution in [0.1, 0.15) is 26.3 Å². The fourth-order valence-corrected chi connectivity index (χ4v) is 2.86. The number of carbonyl (C=O) groups is 1. The summed E-state index contributed by atoms with van der Waals surface area (Å²) in [6, 6.07) is 12.6. The van der Waals surface area contributed by atoms with E-state index in [0.717, 1.165) is 5.56 Å². The molecule has 140 valence electrons. The highest BCUT2D eigenvalue weighted by Crippen LogP contribution is 2.31. The first-order valence-corrected chi connectivity index (χ1v) is 8.99. The molecule has 0 atom stereocenters. The first-order valence-electron chi connectivity index (χ1n) is 8.61. The molecular formula is C21H21ClN2O3. The number of nitrogens with zero attached hydrogens (tertiary/aromatic N) is 2. The van der Waals surface area contributed by atoms with Gasteiger partial charge in [-0.15, -0.1) is 0 Å². The Morgan fingerprint density at radius 1 is 1.11 bits per heavy atom. The normalized spacial score (nSPS) is 15.5. The van der Waals surface area contributed by atoms with Crippen LogP contribution < -0.4 is 14.5 Å². The van der Waals surface area contributed by atoms with Crippen LogP contribution in [0.25, 0.3) is 6.08 Å². The lowest BCUT2D eigenvalue weighted by atomic mass is 10.1. The summed E-state index contributed by atoms with van der Waals surface area (Å²) in [5, 5.41) is 6.37. The molecule has 0 radical (unpaired) electrons. The van der Waals surface area contributed by atoms with E-state index >= 15 is 0 Å². The van der Waals surface area contributed by atoms with Gasteiger partial charge in [0.25, 0.3) is 5.91 Å². The number of anilines is 1. The molecule has 2 aromatic carbocycles. The highest BCUT2D eigenvalue weighted by Gasteiger charge is 2.28. The van der Waals surface area contributed by atoms with Crippen molar-refractivity contribution in [2.45, 2.75) is 26.9 Å². The molecule has 1 heterocycles. The summed E-state index contributed by atoms with van der Waals surface area (Å²) in [6.45, 7) is 5.72. The van der Waals surface area contributed by atoms with Crippen LogP contribution >= 0.6 is 11.6 Å². The van der Waals surface area contributed by atoms with Crippen molar-refractivity contribution in [1.82, 2.24) is 0 Å². The number of hydrazone groups is 1. The predicted molar refractivity (Wildman–Crippen MR) is 109 cm³/mol. The van der Waals surface area contributed by atoms with Gasteiger partial charge in [-0.05, 0) is 68.8 Å². The zero-order chi connectivity index (χ0) is 19.6. The van der Waals surface area contributed by atoms with E-state index in [2.05, 4.69) is 5.10 Å². The number of ether oxygens (including phenoxy) is 2. The minimum absolute atomic E-state index is 0.0434. The number of rotatable bonds is 5. The van der Waals surface area contributed by atoms with Crippen molar-refractivity contribution >= 4 is 35.0 Å². The van der Waals surface area contributed by atoms with Crippen molar-refractivity contribution in [2.24, 2.45) is 5.10 Å². The average molecular weight is 385 g/mol. The van der Waals surface area contributed by atoms with E-state index in [4.69, 9.17) is 21.1 Å². The SMILES string of the molecule is COc1cc(C=C2C(=O)N(c3ccc(Cl)cc3)N=C2C)ccc1OC(C)C. The molecule has 0 bridgehead atoms. The van der Waals surface area contributed by atoms with Crippen molar-refractivity contribution in [1.29, 1.82) is 0 Å². The lowest BCUT2D eigenvalue weighted by molar-refractivity contribution is -0.114. The number of carbonyl (C=O) groups excluding carboxylic acids is 1. The van der Waals surface area contributed by atoms with Gasteiger partial charge in [0.1, 0.15) is 0 Å². The number of halogens is 1. The molecule has 6 heteroatoms. The first-order chi connectivity index (χ1) is 12.9. The molecule has 0 saturated heterocycles. The molecule has 0 spiro atoms. The summed E-state index contributed by atoms with van der Waals surface area (Å²) >= 11 is 5.92. The van der Waals surface area contributed by atoms with Crippen LogP contribution in [-0.4, -0.2) is 24.8 Å². The molecule has 0 saturated carbocycles. The second-order valence-corrected chi connectivity index (χ2v) is 6.85. The molecular weight excluding hydrogens is 364 g/mol. The Balaban J connectivity index is 1.90. The van der Waals surface area contributed by atoms with Gasteiger partial charge in [0.2, 0.25) is 0 Å². The van der Waals surface area contributed by atoms with Gasteiger partial charge in [-0.3, -0.25) is 4.79 Å². The molecule has 3 rings (SSSR count). The fourth-order valence-electron chi connectivity index (χ4n) is 2.73. The van der Waals surface area contributed by atoms with E-state index in [1.165, 1.54) is 5.01 Å². The van der Waals surface area contributed by atoms with Crippen LogP contribution in [0.15, 0.2) is 53.1 Å². The third kappa shape index (κ3) is 4.14. The maximum Gasteiger partial charge on any atom is 0.280 e. The van der Waals surface area contributed by atoms with Crippen LogP contribution in [0.4, 0.5) is 5.69 Å². The summed E-state index contributed by atoms with van der Waals surface area (Å²) < 4.78 is 11.1. The van der Waals surface area contributed by atoms with Crippen LogP contribution in [-0.2, 0) is 4.79 Å². The van der Waals surface area contributed by atoms with Gasteiger partial charge in [-0.1, -0.05) is 17.7 Å². The number of hydrogen-bond acceptors (Lipinski definition) is 4. The Hall–Kier alpha value is -2.79. The molecule has 1 aliphatic rings. The summed E-state index contributed by atoms with van der Waals surface area (Å²) in [5.74, 6) is 1.10. The maximum absolute atomic E-state index is 12.8. The summed E-state index contributed by atoms with van der Waals surface area (Å²) in [6.07, 6.45) is 1.85. The third-order valence-corrected chi connectivity index (χ3v) is 4.25. The zero-order valence-electron chi connectivity index (χ0n) is 15.7. The Kier molecular flexibility index (Phi) is 5.51. The van der Waals surface area contributed by atoms with Crippen LogP contribution in [0, 0.1) is 0 Å². The maximum atomic E-state index is 12.8. The van der Waals surface area contributed by atoms with E-state index in [0.29, 0.717) is 33.5 Å². The van der Waals surface area contributed by atoms with E-state index in [-0.39, 0.29) is 12.0 Å². The minimum atomic E-state index is -0.184. The Labute approximate surface area is 163 Å². The van der Waals surface area contributed by atoms with Gasteiger partial charge in [-0.25, -0.2) is 0 Å². The minimum Gasteiger partial charge on any atom is -0.493 e. The molecule has 2 aromatic rings. The van der Waals surface area contributed by atoms with Crippen LogP contribution in [0.5, 0.6) is 11.5 Å². The molecule has 1 amide bonds. The van der Waals surface area contributed by atoms with Gasteiger partial charge in [-0.2, -0.15) is 10.1 Å². The Bertz CT molecular complexity index is 918. The quantitative estimate of drug-likeness (QED) is 0.686. The molecule has 1 aliphatic heterocycles. The largest absolute Gasteiger partial charge is 0.493 e. The van der Waals surface area contributed by atoms with Gasteiger partial charge >= 0.3 is 0 Å². The second-order valence-electron chi connectivity index (χ2n) is 6.41. The number of methoxy groups -OCH3 is 1. The van der Waals surface area contributed by atoms with Gasteiger partial charge in [0.05, 0.1) is 30.2 Å². The highest BCUT2D eigenvalue weighted by molar-refractivity contribution is 6.32. The zero-order valence-corrected chi connectivity index (χ0v) is 16.4. The first kappa shape index (κ1) is 19.0. The molecule has 27 heavy (non-hydrogen) atoms. The van der Waals surface area contributed by atoms with Gasteiger partial charge < -0.3 is 9.47 Å². The fraction of sp³-hybridized carbons (Fsp3) is 0.238. The van der Waals surface area contributed by atoms with Gasteiger partial charge in [0, 0.05) is 5.02 Å². The standard InChI is InChI=1S/C21H21ClN2O3/c1-13(2)27-19-10-5-15(12-20(19)26-4)11-18-14(3)23-24(21(18)25)17-8-6-16(22)7-9-17/h5-13H,1-4H3. The van der Waals surface area contributed by atoms with Crippen molar-refractivity contribution in [3.63, 3.8) is 0 Å². The van der Waals surface area contributed by atoms with E-state index in [9.17, 15) is 4.79 Å². The van der Waals surface area contributed by atoms with E-state index in [1.54, 1.807) is 37.5 Å². The highest BCUT2D eigenvalue weighted by atomic mass is 35.5. The average Bonchev–Trinajstić information content (AvgIpc) is 2.91. The van der Waals surface area contributed by atoms with Crippen molar-refractivity contribution in [3.05, 3.63) is 58.6 Å². The molecule has 0 unspecified atom stereocenters. The van der Waals surface area contributed by atoms with E-state index < -0.39 is 0 Å². The topological polar surface area (TPSA) is 51.1 Å². The monoisotopic (exact) mass is 384 g/mol. The smallest absolute Gasteiger partial charge is 0.280 e. The van der Waals surface area contributed by atoms with Crippen LogP contribution in [0.2, 0.25) is 5.02 Å². The van der Waals surface area contributed by atoms with Crippen molar-refractivity contribution in [3.8, 4) is 11.5 Å². The summed E-state index contributed by atoms with van der Waals surface area (Å²) in [5.41, 5.74) is 2.69. The molecule has 0 fully saturated rings. The third-order valence-electron chi connectivity index (χ3n) is 4.00. The summed E-state index contributed by atoms with van der Waals surface area (Å²) in [4.78, 5) is 12.8. The summed E-state index contributed by atoms with van der Waals surface area (Å²) in [7, 11) is 1.59. The van der Waals surface area contributed by atoms with E-state index in [1.807, 2.05) is 39.0 Å². The number of benzene rings is 2. The number of hydrogen-bond donors (Lipinski definition) is 0. The number of amides is 1. The predicted octanol–water partition coefficient (Wildman–Crippen LogP) is 4.94. The molecule has 0 N–H and O–H groups in total. The molecule has 5 nitrogen and oxygen atoms in total. The Morgan fingerprint density at radius 3 is 2.44 bits per heavy atom. The lowest BCUT2D eigenvalue weighted by Gasteiger charge is -2.14. The second kappa shape index (κ2) is 7.84. The van der Waals surface area contributed by atoms with Crippen LogP contribution in [0.3, 0.4) is 0 Å². The Morgan fingerprint density at radius 2 is 1.81 bits per heavy atom. The lowest BCUT2D eigenvalue weighted by Crippen LogP contribution is -2.21. The van der Waals surface area contributed by atoms with Gasteiger partial charge in [0.15, 0.2) is 11.5 Å². The molecule has 0 aromatic heterocycles. The van der Waals surface area contributed by atoms with Crippen molar-refractivity contribution < 1.29 is 14.3 Å². The van der Waals surface area contributed by atoms with Crippen molar-refractivity contribution in [2.75, 3.05) is 12.1 Å². The molecule has 0 aliphatic carbocycles.